The van der Waals surface area contributed by atoms with Crippen LogP contribution in [0.1, 0.15) is 79.2 Å². The molecule has 1 saturated heterocycles. The number of aliphatic hydroxyl groups is 1. The molecule has 5 amide bonds. The Kier molecular flexibility index (Phi) is 19.7. The number of ether oxygens (including phenoxy) is 3. The van der Waals surface area contributed by atoms with Crippen LogP contribution in [0.3, 0.4) is 0 Å². The van der Waals surface area contributed by atoms with Gasteiger partial charge in [-0.15, -0.1) is 0 Å². The van der Waals surface area contributed by atoms with Crippen LogP contribution in [-0.2, 0) is 35.2 Å². The SMILES string of the molecule is C/C=C/[C@@H]1O[C@H]([C@@H](/C=C/C=C(\C)C[C@@H](C)/C=C(C)\C=C\[C@H]2CC=CC(=O)O2)NC(=O)OCc2ccc(NC(=O)[C@H](CCCNC(N)=O)NC(C)=O)cc2)C[C@@H](O)[C@@H]1C. The molecule has 0 aromatic heterocycles. The lowest BCUT2D eigenvalue weighted by Gasteiger charge is -2.39. The Morgan fingerprint density at radius 2 is 1.83 bits per heavy atom. The minimum atomic E-state index is -0.815. The third-order valence-corrected chi connectivity index (χ3v) is 9.61. The Balaban J connectivity index is 1.62. The van der Waals surface area contributed by atoms with Crippen molar-refractivity contribution >= 4 is 35.6 Å². The second-order valence-electron chi connectivity index (χ2n) is 14.9. The number of nitrogens with two attached hydrogens (primary N) is 1. The number of benzene rings is 1. The van der Waals surface area contributed by atoms with E-state index in [0.717, 1.165) is 17.6 Å². The van der Waals surface area contributed by atoms with Gasteiger partial charge >= 0.3 is 18.1 Å². The van der Waals surface area contributed by atoms with Crippen molar-refractivity contribution in [3.63, 3.8) is 0 Å². The van der Waals surface area contributed by atoms with Crippen LogP contribution < -0.4 is 27.0 Å². The van der Waals surface area contributed by atoms with Gasteiger partial charge in [0.15, 0.2) is 0 Å². The fraction of sp³-hybridized carbons (Fsp3) is 0.477. The highest BCUT2D eigenvalue weighted by molar-refractivity contribution is 5.97. The second kappa shape index (κ2) is 24.3. The molecule has 8 atom stereocenters. The number of allylic oxidation sites excluding steroid dienone is 7. The van der Waals surface area contributed by atoms with Crippen LogP contribution in [0.5, 0.6) is 0 Å². The average Bonchev–Trinajstić information content (AvgIpc) is 3.16. The van der Waals surface area contributed by atoms with E-state index in [1.54, 1.807) is 24.3 Å². The van der Waals surface area contributed by atoms with Crippen LogP contribution in [0.4, 0.5) is 15.3 Å². The predicted molar refractivity (Wildman–Crippen MR) is 223 cm³/mol. The van der Waals surface area contributed by atoms with Gasteiger partial charge in [-0.2, -0.15) is 0 Å². The minimum absolute atomic E-state index is 0.0495. The van der Waals surface area contributed by atoms with Gasteiger partial charge < -0.3 is 46.3 Å². The van der Waals surface area contributed by atoms with Crippen molar-refractivity contribution < 1.29 is 43.3 Å². The lowest BCUT2D eigenvalue weighted by atomic mass is 9.87. The molecule has 0 saturated carbocycles. The van der Waals surface area contributed by atoms with E-state index in [4.69, 9.17) is 19.9 Å². The standard InChI is InChI=1S/C44H61N5O9/c1-7-11-39-31(5)38(51)26-40(58-39)36(14-8-12-28(2)24-30(4)25-29(3)17-22-35-13-9-16-41(52)57-35)49-44(55)56-27-33-18-20-34(21-19-33)48-42(53)37(47-32(6)50)15-10-23-46-43(45)54/h7-9,11-12,14,16-22,25,30-31,35-40,51H,10,13,15,23-24,26-27H2,1-6H3,(H,47,50)(H,48,53)(H,49,55)(H3,45,46,54)/b11-7+,14-8+,22-17+,28-12+,29-25-/t30-,31+,35-,36-,37+,38-,39+,40+/m1/s1. The normalized spacial score (nSPS) is 22.9. The van der Waals surface area contributed by atoms with Crippen molar-refractivity contribution in [3.05, 3.63) is 102 Å². The lowest BCUT2D eigenvalue weighted by molar-refractivity contribution is -0.141. The number of urea groups is 1. The first-order chi connectivity index (χ1) is 27.6. The van der Waals surface area contributed by atoms with Gasteiger partial charge in [0.1, 0.15) is 18.8 Å². The maximum absolute atomic E-state index is 13.2. The predicted octanol–water partition coefficient (Wildman–Crippen LogP) is 5.81. The van der Waals surface area contributed by atoms with Gasteiger partial charge in [-0.05, 0) is 69.7 Å². The van der Waals surface area contributed by atoms with Crippen LogP contribution >= 0.6 is 0 Å². The molecule has 0 radical (unpaired) electrons. The van der Waals surface area contributed by atoms with Crippen molar-refractivity contribution in [1.29, 1.82) is 0 Å². The largest absolute Gasteiger partial charge is 0.455 e. The second-order valence-corrected chi connectivity index (χ2v) is 14.9. The van der Waals surface area contributed by atoms with E-state index in [9.17, 15) is 29.1 Å². The number of aliphatic hydroxyl groups excluding tert-OH is 1. The first-order valence-corrected chi connectivity index (χ1v) is 19.8. The van der Waals surface area contributed by atoms with Gasteiger partial charge in [-0.25, -0.2) is 14.4 Å². The zero-order valence-electron chi connectivity index (χ0n) is 34.4. The third-order valence-electron chi connectivity index (χ3n) is 9.61. The first-order valence-electron chi connectivity index (χ1n) is 19.8. The monoisotopic (exact) mass is 803 g/mol. The number of primary amides is 1. The minimum Gasteiger partial charge on any atom is -0.455 e. The number of esters is 1. The van der Waals surface area contributed by atoms with E-state index in [2.05, 4.69) is 34.3 Å². The summed E-state index contributed by atoms with van der Waals surface area (Å²) in [6.07, 6.45) is 18.9. The molecule has 1 fully saturated rings. The Morgan fingerprint density at radius 3 is 2.50 bits per heavy atom. The van der Waals surface area contributed by atoms with E-state index in [1.807, 2.05) is 76.3 Å². The van der Waals surface area contributed by atoms with Crippen LogP contribution in [0.2, 0.25) is 0 Å². The fourth-order valence-corrected chi connectivity index (χ4v) is 6.62. The summed E-state index contributed by atoms with van der Waals surface area (Å²) in [6, 6.07) is 4.65. The van der Waals surface area contributed by atoms with Gasteiger partial charge in [0.05, 0.1) is 24.4 Å². The fourth-order valence-electron chi connectivity index (χ4n) is 6.62. The Morgan fingerprint density at radius 1 is 1.09 bits per heavy atom. The molecular formula is C44H61N5O9. The van der Waals surface area contributed by atoms with Gasteiger partial charge in [0.25, 0.3) is 0 Å². The maximum Gasteiger partial charge on any atom is 0.408 e. The van der Waals surface area contributed by atoms with Crippen LogP contribution in [-0.4, -0.2) is 78.1 Å². The number of hydrogen-bond donors (Lipinski definition) is 6. The van der Waals surface area contributed by atoms with E-state index in [0.29, 0.717) is 30.5 Å². The highest BCUT2D eigenvalue weighted by Crippen LogP contribution is 2.29. The first kappa shape index (κ1) is 46.9. The number of amides is 5. The van der Waals surface area contributed by atoms with Crippen LogP contribution in [0.15, 0.2) is 96.2 Å². The van der Waals surface area contributed by atoms with Crippen molar-refractivity contribution in [3.8, 4) is 0 Å². The van der Waals surface area contributed by atoms with Crippen molar-refractivity contribution in [1.82, 2.24) is 16.0 Å². The zero-order chi connectivity index (χ0) is 42.6. The number of rotatable bonds is 19. The molecule has 0 unspecified atom stereocenters. The molecule has 1 aromatic carbocycles. The Bertz CT molecular complexity index is 1730. The summed E-state index contributed by atoms with van der Waals surface area (Å²) < 4.78 is 17.3. The zero-order valence-corrected chi connectivity index (χ0v) is 34.4. The summed E-state index contributed by atoms with van der Waals surface area (Å²) in [4.78, 5) is 60.2. The van der Waals surface area contributed by atoms with Gasteiger partial charge in [0.2, 0.25) is 11.8 Å². The molecule has 2 aliphatic heterocycles. The van der Waals surface area contributed by atoms with Gasteiger partial charge in [-0.3, -0.25) is 9.59 Å². The molecule has 0 spiro atoms. The van der Waals surface area contributed by atoms with Crippen molar-refractivity contribution in [2.45, 2.75) is 117 Å². The Labute approximate surface area is 342 Å². The maximum atomic E-state index is 13.2. The number of anilines is 1. The molecular weight excluding hydrogens is 743 g/mol. The molecule has 58 heavy (non-hydrogen) atoms. The van der Waals surface area contributed by atoms with E-state index in [-0.39, 0.29) is 55.5 Å². The van der Waals surface area contributed by atoms with E-state index in [1.165, 1.54) is 13.0 Å². The van der Waals surface area contributed by atoms with E-state index >= 15 is 0 Å². The summed E-state index contributed by atoms with van der Waals surface area (Å²) >= 11 is 0. The third kappa shape index (κ3) is 17.3. The smallest absolute Gasteiger partial charge is 0.408 e. The van der Waals surface area contributed by atoms with Crippen molar-refractivity contribution in [2.24, 2.45) is 17.6 Å². The number of cyclic esters (lactones) is 1. The summed E-state index contributed by atoms with van der Waals surface area (Å²) in [5, 5.41) is 21.7. The number of carbonyl (C=O) groups is 5. The molecule has 2 heterocycles. The molecule has 316 valence electrons. The Hall–Kier alpha value is -5.47. The molecule has 2 aliphatic rings. The lowest BCUT2D eigenvalue weighted by Crippen LogP contribution is -2.51. The number of alkyl carbamates (subject to hydrolysis) is 1. The van der Waals surface area contributed by atoms with Crippen LogP contribution in [0.25, 0.3) is 0 Å². The molecule has 0 bridgehead atoms. The van der Waals surface area contributed by atoms with Gasteiger partial charge in [0, 0.05) is 44.0 Å². The quantitative estimate of drug-likeness (QED) is 0.0432. The molecule has 14 nitrogen and oxygen atoms in total. The molecule has 3 rings (SSSR count). The topological polar surface area (TPSA) is 207 Å². The number of carbonyl (C=O) groups excluding carboxylic acids is 5. The molecule has 1 aromatic rings. The summed E-state index contributed by atoms with van der Waals surface area (Å²) in [5.74, 6) is -0.997. The number of nitrogens with one attached hydrogen (secondary N) is 4. The summed E-state index contributed by atoms with van der Waals surface area (Å²) in [5.41, 5.74) is 8.43. The average molecular weight is 804 g/mol. The summed E-state index contributed by atoms with van der Waals surface area (Å²) in [7, 11) is 0. The van der Waals surface area contributed by atoms with Crippen molar-refractivity contribution in [2.75, 3.05) is 11.9 Å². The summed E-state index contributed by atoms with van der Waals surface area (Å²) in [6.45, 7) is 11.5. The molecule has 0 aliphatic carbocycles. The van der Waals surface area contributed by atoms with E-state index < -0.39 is 42.3 Å². The van der Waals surface area contributed by atoms with Crippen LogP contribution in [0, 0.1) is 11.8 Å². The number of hydrogen-bond acceptors (Lipinski definition) is 9. The highest BCUT2D eigenvalue weighted by atomic mass is 16.6. The molecule has 14 heteroatoms. The molecule has 7 N–H and O–H groups in total. The van der Waals surface area contributed by atoms with Gasteiger partial charge in [-0.1, -0.05) is 85.7 Å². The highest BCUT2D eigenvalue weighted by Gasteiger charge is 2.37.